The van der Waals surface area contributed by atoms with E-state index in [9.17, 15) is 4.79 Å². The van der Waals surface area contributed by atoms with Gasteiger partial charge in [-0.15, -0.1) is 0 Å². The zero-order valence-electron chi connectivity index (χ0n) is 17.8. The van der Waals surface area contributed by atoms with Crippen LogP contribution < -0.4 is 9.80 Å². The van der Waals surface area contributed by atoms with Gasteiger partial charge in [-0.05, 0) is 41.8 Å². The lowest BCUT2D eigenvalue weighted by atomic mass is 10.0. The van der Waals surface area contributed by atoms with E-state index < -0.39 is 0 Å². The minimum Gasteiger partial charge on any atom is -0.338 e. The Morgan fingerprint density at radius 3 is 2.45 bits per heavy atom. The highest BCUT2D eigenvalue weighted by molar-refractivity contribution is 5.97. The van der Waals surface area contributed by atoms with Gasteiger partial charge in [0.15, 0.2) is 0 Å². The van der Waals surface area contributed by atoms with Crippen LogP contribution in [-0.2, 0) is 4.79 Å². The quantitative estimate of drug-likeness (QED) is 0.656. The SMILES string of the molecule is Cc1ccccc1-c1cccc(N2CC(N3CCN(c4ncccn4)CC3)CC2=O)c1. The minimum atomic E-state index is 0.209. The highest BCUT2D eigenvalue weighted by Crippen LogP contribution is 2.30. The number of carbonyl (C=O) groups excluding carboxylic acids is 1. The maximum atomic E-state index is 12.9. The molecule has 31 heavy (non-hydrogen) atoms. The van der Waals surface area contributed by atoms with Crippen LogP contribution in [0.5, 0.6) is 0 Å². The van der Waals surface area contributed by atoms with Crippen molar-refractivity contribution in [3.63, 3.8) is 0 Å². The Labute approximate surface area is 183 Å². The number of aryl methyl sites for hydroxylation is 1. The van der Waals surface area contributed by atoms with Gasteiger partial charge in [0, 0.05) is 63.3 Å². The summed E-state index contributed by atoms with van der Waals surface area (Å²) >= 11 is 0. The van der Waals surface area contributed by atoms with Gasteiger partial charge in [-0.3, -0.25) is 9.69 Å². The number of hydrogen-bond donors (Lipinski definition) is 0. The van der Waals surface area contributed by atoms with Crippen molar-refractivity contribution in [1.82, 2.24) is 14.9 Å². The molecule has 0 N–H and O–H groups in total. The lowest BCUT2D eigenvalue weighted by Crippen LogP contribution is -2.51. The molecule has 2 aliphatic rings. The number of aromatic nitrogens is 2. The van der Waals surface area contributed by atoms with Crippen molar-refractivity contribution in [3.05, 3.63) is 72.6 Å². The van der Waals surface area contributed by atoms with E-state index in [-0.39, 0.29) is 11.9 Å². The average molecular weight is 414 g/mol. The van der Waals surface area contributed by atoms with Gasteiger partial charge in [0.2, 0.25) is 11.9 Å². The van der Waals surface area contributed by atoms with Crippen LogP contribution in [-0.4, -0.2) is 59.5 Å². The lowest BCUT2D eigenvalue weighted by molar-refractivity contribution is -0.117. The Kier molecular flexibility index (Phi) is 5.38. The maximum absolute atomic E-state index is 12.9. The molecule has 6 nitrogen and oxygen atoms in total. The summed E-state index contributed by atoms with van der Waals surface area (Å²) in [6.45, 7) is 6.49. The lowest BCUT2D eigenvalue weighted by Gasteiger charge is -2.37. The number of rotatable bonds is 4. The first-order chi connectivity index (χ1) is 15.2. The zero-order valence-corrected chi connectivity index (χ0v) is 17.8. The molecule has 3 aromatic rings. The summed E-state index contributed by atoms with van der Waals surface area (Å²) in [6, 6.07) is 18.8. The number of hydrogen-bond acceptors (Lipinski definition) is 5. The topological polar surface area (TPSA) is 52.6 Å². The first-order valence-corrected chi connectivity index (χ1v) is 10.9. The van der Waals surface area contributed by atoms with Gasteiger partial charge in [-0.1, -0.05) is 36.4 Å². The van der Waals surface area contributed by atoms with E-state index in [1.54, 1.807) is 12.4 Å². The smallest absolute Gasteiger partial charge is 0.228 e. The second-order valence-electron chi connectivity index (χ2n) is 8.30. The Morgan fingerprint density at radius 1 is 0.903 bits per heavy atom. The molecule has 6 heteroatoms. The second-order valence-corrected chi connectivity index (χ2v) is 8.30. The van der Waals surface area contributed by atoms with E-state index in [0.29, 0.717) is 6.42 Å². The fourth-order valence-corrected chi connectivity index (χ4v) is 4.66. The summed E-state index contributed by atoms with van der Waals surface area (Å²) < 4.78 is 0. The first kappa shape index (κ1) is 19.7. The van der Waals surface area contributed by atoms with Crippen LogP contribution in [0.1, 0.15) is 12.0 Å². The Bertz CT molecular complexity index is 1060. The third-order valence-electron chi connectivity index (χ3n) is 6.38. The third-order valence-corrected chi connectivity index (χ3v) is 6.38. The van der Waals surface area contributed by atoms with E-state index in [1.807, 2.05) is 17.0 Å². The summed E-state index contributed by atoms with van der Waals surface area (Å²) in [7, 11) is 0. The van der Waals surface area contributed by atoms with E-state index in [1.165, 1.54) is 11.1 Å². The molecule has 2 aliphatic heterocycles. The van der Waals surface area contributed by atoms with Crippen molar-refractivity contribution in [2.75, 3.05) is 42.5 Å². The number of carbonyl (C=O) groups is 1. The molecule has 1 amide bonds. The molecule has 1 atom stereocenters. The molecule has 2 aromatic carbocycles. The highest BCUT2D eigenvalue weighted by Gasteiger charge is 2.35. The van der Waals surface area contributed by atoms with Crippen LogP contribution >= 0.6 is 0 Å². The molecule has 0 spiro atoms. The number of piperazine rings is 1. The maximum Gasteiger partial charge on any atom is 0.228 e. The van der Waals surface area contributed by atoms with Gasteiger partial charge in [0.05, 0.1) is 0 Å². The molecule has 0 saturated carbocycles. The van der Waals surface area contributed by atoms with E-state index in [4.69, 9.17) is 0 Å². The molecule has 2 fully saturated rings. The van der Waals surface area contributed by atoms with Crippen molar-refractivity contribution >= 4 is 17.5 Å². The number of anilines is 2. The van der Waals surface area contributed by atoms with Crippen LogP contribution in [0.2, 0.25) is 0 Å². The molecule has 3 heterocycles. The van der Waals surface area contributed by atoms with Gasteiger partial charge >= 0.3 is 0 Å². The molecule has 5 rings (SSSR count). The molecule has 0 radical (unpaired) electrons. The zero-order chi connectivity index (χ0) is 21.2. The molecule has 1 unspecified atom stereocenters. The molecular weight excluding hydrogens is 386 g/mol. The summed E-state index contributed by atoms with van der Waals surface area (Å²) in [4.78, 5) is 28.2. The normalized spacial score (nSPS) is 19.8. The van der Waals surface area contributed by atoms with Crippen molar-refractivity contribution in [2.45, 2.75) is 19.4 Å². The average Bonchev–Trinajstić information content (AvgIpc) is 3.22. The number of benzene rings is 2. The predicted octanol–water partition coefficient (Wildman–Crippen LogP) is 3.38. The summed E-state index contributed by atoms with van der Waals surface area (Å²) in [5, 5.41) is 0. The highest BCUT2D eigenvalue weighted by atomic mass is 16.2. The van der Waals surface area contributed by atoms with E-state index in [0.717, 1.165) is 49.9 Å². The molecule has 0 bridgehead atoms. The fourth-order valence-electron chi connectivity index (χ4n) is 4.66. The second kappa shape index (κ2) is 8.47. The monoisotopic (exact) mass is 413 g/mol. The standard InChI is InChI=1S/C25H27N5O/c1-19-6-2-3-9-23(19)20-7-4-8-21(16-20)30-18-22(17-24(30)31)28-12-14-29(15-13-28)25-26-10-5-11-27-25/h2-11,16,22H,12-15,17-18H2,1H3. The summed E-state index contributed by atoms with van der Waals surface area (Å²) in [5.41, 5.74) is 4.60. The largest absolute Gasteiger partial charge is 0.338 e. The van der Waals surface area contributed by atoms with Crippen LogP contribution in [0, 0.1) is 6.92 Å². The van der Waals surface area contributed by atoms with Crippen molar-refractivity contribution in [2.24, 2.45) is 0 Å². The van der Waals surface area contributed by atoms with E-state index in [2.05, 4.69) is 69.2 Å². The molecule has 0 aliphatic carbocycles. The van der Waals surface area contributed by atoms with Gasteiger partial charge in [-0.25, -0.2) is 9.97 Å². The van der Waals surface area contributed by atoms with Crippen LogP contribution in [0.4, 0.5) is 11.6 Å². The Morgan fingerprint density at radius 2 is 1.68 bits per heavy atom. The van der Waals surface area contributed by atoms with Gasteiger partial charge in [-0.2, -0.15) is 0 Å². The van der Waals surface area contributed by atoms with Crippen molar-refractivity contribution < 1.29 is 4.79 Å². The van der Waals surface area contributed by atoms with Gasteiger partial charge in [0.1, 0.15) is 0 Å². The Balaban J connectivity index is 1.27. The van der Waals surface area contributed by atoms with Crippen molar-refractivity contribution in [3.8, 4) is 11.1 Å². The molecule has 158 valence electrons. The summed E-state index contributed by atoms with van der Waals surface area (Å²) in [5.74, 6) is 1.00. The van der Waals surface area contributed by atoms with E-state index >= 15 is 0 Å². The van der Waals surface area contributed by atoms with Crippen LogP contribution in [0.15, 0.2) is 67.0 Å². The summed E-state index contributed by atoms with van der Waals surface area (Å²) in [6.07, 6.45) is 4.15. The molecule has 2 saturated heterocycles. The molecule has 1 aromatic heterocycles. The number of amides is 1. The van der Waals surface area contributed by atoms with Crippen LogP contribution in [0.3, 0.4) is 0 Å². The number of nitrogens with zero attached hydrogens (tertiary/aromatic N) is 5. The first-order valence-electron chi connectivity index (χ1n) is 10.9. The predicted molar refractivity (Wildman–Crippen MR) is 123 cm³/mol. The Hall–Kier alpha value is -3.25. The molecular formula is C25H27N5O. The fraction of sp³-hybridized carbons (Fsp3) is 0.320. The van der Waals surface area contributed by atoms with Gasteiger partial charge in [0.25, 0.3) is 0 Å². The third kappa shape index (κ3) is 4.03. The van der Waals surface area contributed by atoms with Gasteiger partial charge < -0.3 is 9.80 Å². The van der Waals surface area contributed by atoms with Crippen molar-refractivity contribution in [1.29, 1.82) is 0 Å². The minimum absolute atomic E-state index is 0.209. The van der Waals surface area contributed by atoms with Crippen LogP contribution in [0.25, 0.3) is 11.1 Å².